The zero-order valence-electron chi connectivity index (χ0n) is 14.7. The Bertz CT molecular complexity index is 1120. The minimum absolute atomic E-state index is 0.275. The summed E-state index contributed by atoms with van der Waals surface area (Å²) in [6.45, 7) is 1.10. The summed E-state index contributed by atoms with van der Waals surface area (Å²) in [6.07, 6.45) is -4.73. The molecule has 146 valence electrons. The molecule has 0 spiro atoms. The van der Waals surface area contributed by atoms with Gasteiger partial charge in [0.2, 0.25) is 5.95 Å². The topological polar surface area (TPSA) is 61.2 Å². The summed E-state index contributed by atoms with van der Waals surface area (Å²) in [6, 6.07) is 11.8. The van der Waals surface area contributed by atoms with Gasteiger partial charge in [0.25, 0.3) is 0 Å². The second kappa shape index (κ2) is 7.28. The van der Waals surface area contributed by atoms with Crippen molar-refractivity contribution in [2.75, 3.05) is 19.0 Å². The van der Waals surface area contributed by atoms with Crippen molar-refractivity contribution in [3.05, 3.63) is 42.5 Å². The Hall–Kier alpha value is -2.85. The first-order chi connectivity index (χ1) is 13.4. The number of thiazole rings is 1. The normalized spacial score (nSPS) is 12.0. The predicted octanol–water partition coefficient (Wildman–Crippen LogP) is 4.93. The Morgan fingerprint density at radius 1 is 1.11 bits per heavy atom. The summed E-state index contributed by atoms with van der Waals surface area (Å²) in [5.74, 6) is 0.312. The van der Waals surface area contributed by atoms with Crippen LogP contribution in [-0.2, 0) is 11.3 Å². The van der Waals surface area contributed by atoms with Gasteiger partial charge >= 0.3 is 6.36 Å². The lowest BCUT2D eigenvalue weighted by Gasteiger charge is -2.08. The molecule has 2 aromatic heterocycles. The van der Waals surface area contributed by atoms with Crippen LogP contribution in [0.4, 0.5) is 24.3 Å². The number of ether oxygens (including phenoxy) is 2. The molecule has 4 rings (SSSR count). The number of rotatable bonds is 6. The van der Waals surface area contributed by atoms with Crippen LogP contribution in [0.3, 0.4) is 0 Å². The van der Waals surface area contributed by atoms with Gasteiger partial charge in [-0.3, -0.25) is 0 Å². The zero-order valence-corrected chi connectivity index (χ0v) is 15.5. The fourth-order valence-corrected chi connectivity index (χ4v) is 3.72. The first-order valence-corrected chi connectivity index (χ1v) is 9.12. The molecule has 10 heteroatoms. The number of hydrogen-bond acceptors (Lipinski definition) is 6. The monoisotopic (exact) mass is 408 g/mol. The van der Waals surface area contributed by atoms with E-state index in [4.69, 9.17) is 4.74 Å². The van der Waals surface area contributed by atoms with Crippen molar-refractivity contribution in [1.82, 2.24) is 14.5 Å². The van der Waals surface area contributed by atoms with E-state index >= 15 is 0 Å². The highest BCUT2D eigenvalue weighted by Crippen LogP contribution is 2.33. The molecule has 28 heavy (non-hydrogen) atoms. The van der Waals surface area contributed by atoms with E-state index < -0.39 is 6.36 Å². The summed E-state index contributed by atoms with van der Waals surface area (Å²) in [5, 5.41) is 3.69. The minimum Gasteiger partial charge on any atom is -0.406 e. The van der Waals surface area contributed by atoms with Gasteiger partial charge < -0.3 is 19.4 Å². The number of aromatic nitrogens is 3. The number of nitrogens with zero attached hydrogens (tertiary/aromatic N) is 3. The highest BCUT2D eigenvalue weighted by Gasteiger charge is 2.31. The lowest BCUT2D eigenvalue weighted by Crippen LogP contribution is -2.16. The van der Waals surface area contributed by atoms with Gasteiger partial charge in [0, 0.05) is 19.7 Å². The Kier molecular flexibility index (Phi) is 4.82. The summed E-state index contributed by atoms with van der Waals surface area (Å²) in [7, 11) is 1.63. The number of anilines is 2. The van der Waals surface area contributed by atoms with E-state index in [0.717, 1.165) is 11.0 Å². The third kappa shape index (κ3) is 3.87. The molecule has 0 aliphatic carbocycles. The first-order valence-electron chi connectivity index (χ1n) is 8.30. The zero-order chi connectivity index (χ0) is 19.7. The Morgan fingerprint density at radius 3 is 2.71 bits per heavy atom. The number of benzene rings is 2. The van der Waals surface area contributed by atoms with Crippen molar-refractivity contribution in [2.24, 2.45) is 0 Å². The van der Waals surface area contributed by atoms with Crippen molar-refractivity contribution in [3.63, 3.8) is 0 Å². The second-order valence-corrected chi connectivity index (χ2v) is 6.92. The smallest absolute Gasteiger partial charge is 0.406 e. The molecular weight excluding hydrogens is 393 g/mol. The van der Waals surface area contributed by atoms with Crippen LogP contribution >= 0.6 is 11.3 Å². The van der Waals surface area contributed by atoms with Crippen molar-refractivity contribution in [3.8, 4) is 5.75 Å². The van der Waals surface area contributed by atoms with Crippen molar-refractivity contribution < 1.29 is 22.6 Å². The molecule has 0 bridgehead atoms. The number of halogens is 3. The van der Waals surface area contributed by atoms with Gasteiger partial charge in [-0.15, -0.1) is 13.2 Å². The van der Waals surface area contributed by atoms with E-state index in [1.165, 1.54) is 29.5 Å². The molecule has 0 unspecified atom stereocenters. The number of fused-ring (bicyclic) bond motifs is 2. The fraction of sp³-hybridized carbons (Fsp3) is 0.222. The van der Waals surface area contributed by atoms with E-state index in [1.807, 2.05) is 28.8 Å². The third-order valence-electron chi connectivity index (χ3n) is 3.99. The van der Waals surface area contributed by atoms with Crippen LogP contribution in [0.5, 0.6) is 5.75 Å². The van der Waals surface area contributed by atoms with Gasteiger partial charge in [-0.1, -0.05) is 23.5 Å². The highest BCUT2D eigenvalue weighted by atomic mass is 32.1. The van der Waals surface area contributed by atoms with E-state index in [9.17, 15) is 13.2 Å². The number of alkyl halides is 3. The summed E-state index contributed by atoms with van der Waals surface area (Å²) in [4.78, 5) is 9.01. The molecule has 0 amide bonds. The summed E-state index contributed by atoms with van der Waals surface area (Å²) in [5.41, 5.74) is 2.34. The predicted molar refractivity (Wildman–Crippen MR) is 101 cm³/mol. The minimum atomic E-state index is -4.73. The summed E-state index contributed by atoms with van der Waals surface area (Å²) >= 11 is 1.22. The van der Waals surface area contributed by atoms with Crippen LogP contribution in [0.25, 0.3) is 21.3 Å². The Morgan fingerprint density at radius 2 is 1.93 bits per heavy atom. The van der Waals surface area contributed by atoms with Crippen LogP contribution < -0.4 is 10.1 Å². The molecule has 2 heterocycles. The third-order valence-corrected chi connectivity index (χ3v) is 4.92. The number of para-hydroxylation sites is 2. The number of nitrogens with one attached hydrogen (secondary N) is 1. The maximum absolute atomic E-state index is 12.4. The first kappa shape index (κ1) is 18.5. The van der Waals surface area contributed by atoms with E-state index in [2.05, 4.69) is 20.0 Å². The molecular formula is C18H15F3N4O2S. The molecule has 0 atom stereocenters. The maximum Gasteiger partial charge on any atom is 0.573 e. The highest BCUT2D eigenvalue weighted by molar-refractivity contribution is 7.22. The average Bonchev–Trinajstić information content (AvgIpc) is 3.18. The molecule has 6 nitrogen and oxygen atoms in total. The number of imidazole rings is 1. The van der Waals surface area contributed by atoms with Gasteiger partial charge in [0.15, 0.2) is 5.13 Å². The van der Waals surface area contributed by atoms with E-state index in [1.54, 1.807) is 7.11 Å². The number of methoxy groups -OCH3 is 1. The van der Waals surface area contributed by atoms with Crippen LogP contribution in [0.15, 0.2) is 42.5 Å². The fourth-order valence-electron chi connectivity index (χ4n) is 2.83. The standard InChI is InChI=1S/C18H15F3N4O2S/c1-26-9-8-25-14-5-3-2-4-12(14)22-16(25)24-17-23-13-7-6-11(10-15(13)28-17)27-18(19,20)21/h2-7,10H,8-9H2,1H3,(H,22,23,24). The maximum atomic E-state index is 12.4. The lowest BCUT2D eigenvalue weighted by molar-refractivity contribution is -0.274. The van der Waals surface area contributed by atoms with Crippen LogP contribution in [0, 0.1) is 0 Å². The van der Waals surface area contributed by atoms with Crippen molar-refractivity contribution in [2.45, 2.75) is 12.9 Å². The van der Waals surface area contributed by atoms with Crippen LogP contribution in [0.2, 0.25) is 0 Å². The molecule has 0 saturated heterocycles. The molecule has 0 aliphatic rings. The second-order valence-electron chi connectivity index (χ2n) is 5.89. The van der Waals surface area contributed by atoms with Gasteiger partial charge in [0.1, 0.15) is 5.75 Å². The van der Waals surface area contributed by atoms with Gasteiger partial charge in [-0.2, -0.15) is 0 Å². The summed E-state index contributed by atoms with van der Waals surface area (Å²) < 4.78 is 48.9. The molecule has 4 aromatic rings. The lowest BCUT2D eigenvalue weighted by atomic mass is 10.3. The van der Waals surface area contributed by atoms with Crippen molar-refractivity contribution >= 4 is 43.7 Å². The molecule has 0 fully saturated rings. The Labute approximate surface area is 161 Å². The SMILES string of the molecule is COCCn1c(Nc2nc3ccc(OC(F)(F)F)cc3s2)nc2ccccc21. The van der Waals surface area contributed by atoms with Crippen LogP contribution in [0.1, 0.15) is 0 Å². The van der Waals surface area contributed by atoms with Gasteiger partial charge in [0.05, 0.1) is 27.9 Å². The molecule has 2 aromatic carbocycles. The molecule has 0 aliphatic heterocycles. The average molecular weight is 408 g/mol. The quantitative estimate of drug-likeness (QED) is 0.490. The van der Waals surface area contributed by atoms with Gasteiger partial charge in [-0.05, 0) is 24.3 Å². The van der Waals surface area contributed by atoms with Crippen molar-refractivity contribution in [1.29, 1.82) is 0 Å². The van der Waals surface area contributed by atoms with E-state index in [-0.39, 0.29) is 5.75 Å². The largest absolute Gasteiger partial charge is 0.573 e. The molecule has 0 saturated carbocycles. The molecule has 1 N–H and O–H groups in total. The van der Waals surface area contributed by atoms with Gasteiger partial charge in [-0.25, -0.2) is 9.97 Å². The van der Waals surface area contributed by atoms with E-state index in [0.29, 0.717) is 34.4 Å². The van der Waals surface area contributed by atoms with Crippen LogP contribution in [-0.4, -0.2) is 34.6 Å². The number of hydrogen-bond donors (Lipinski definition) is 1. The molecule has 0 radical (unpaired) electrons. The Balaban J connectivity index is 1.66.